The number of rotatable bonds is 5. The zero-order chi connectivity index (χ0) is 15.1. The highest BCUT2D eigenvalue weighted by Crippen LogP contribution is 2.35. The molecule has 1 heterocycles. The Morgan fingerprint density at radius 2 is 2.10 bits per heavy atom. The largest absolute Gasteiger partial charge is 0.409 e. The number of amides is 1. The van der Waals surface area contributed by atoms with Crippen LogP contribution in [0.5, 0.6) is 0 Å². The van der Waals surface area contributed by atoms with Crippen LogP contribution in [-0.4, -0.2) is 23.5 Å². The van der Waals surface area contributed by atoms with Gasteiger partial charge in [0.05, 0.1) is 0 Å². The third-order valence-corrected chi connectivity index (χ3v) is 5.00. The maximum Gasteiger partial charge on any atom is 0.233 e. The monoisotopic (exact) mass is 309 g/mol. The van der Waals surface area contributed by atoms with Gasteiger partial charge in [0.2, 0.25) is 5.91 Å². The summed E-state index contributed by atoms with van der Waals surface area (Å²) in [7, 11) is 0. The van der Waals surface area contributed by atoms with Gasteiger partial charge in [-0.1, -0.05) is 30.8 Å². The summed E-state index contributed by atoms with van der Waals surface area (Å²) < 4.78 is 0. The number of amidine groups is 1. The molecule has 1 aliphatic carbocycles. The van der Waals surface area contributed by atoms with E-state index >= 15 is 0 Å². The number of oxime groups is 1. The maximum absolute atomic E-state index is 12.6. The lowest BCUT2D eigenvalue weighted by atomic mass is 9.78. The van der Waals surface area contributed by atoms with E-state index < -0.39 is 5.41 Å². The zero-order valence-electron chi connectivity index (χ0n) is 12.2. The van der Waals surface area contributed by atoms with Gasteiger partial charge >= 0.3 is 0 Å². The molecule has 0 saturated heterocycles. The van der Waals surface area contributed by atoms with Crippen LogP contribution in [0, 0.1) is 5.41 Å². The second-order valence-corrected chi connectivity index (χ2v) is 6.40. The van der Waals surface area contributed by atoms with E-state index in [0.717, 1.165) is 32.1 Å². The molecular weight excluding hydrogens is 286 g/mol. The van der Waals surface area contributed by atoms with Gasteiger partial charge in [-0.05, 0) is 41.7 Å². The minimum absolute atomic E-state index is 0.0532. The van der Waals surface area contributed by atoms with Gasteiger partial charge in [0.15, 0.2) is 5.84 Å². The summed E-state index contributed by atoms with van der Waals surface area (Å²) in [6.45, 7) is 0.579. The molecule has 1 aromatic rings. The lowest BCUT2D eigenvalue weighted by Gasteiger charge is -2.29. The van der Waals surface area contributed by atoms with Crippen molar-refractivity contribution in [1.82, 2.24) is 5.32 Å². The smallest absolute Gasteiger partial charge is 0.233 e. The van der Waals surface area contributed by atoms with Crippen LogP contribution in [0.2, 0.25) is 0 Å². The van der Waals surface area contributed by atoms with Gasteiger partial charge in [0.25, 0.3) is 0 Å². The van der Waals surface area contributed by atoms with Crippen LogP contribution in [0.1, 0.15) is 44.1 Å². The van der Waals surface area contributed by atoms with Crippen molar-refractivity contribution < 1.29 is 10.0 Å². The lowest BCUT2D eigenvalue weighted by Crippen LogP contribution is -2.50. The number of thiophene rings is 1. The summed E-state index contributed by atoms with van der Waals surface area (Å²) in [5, 5.41) is 19.3. The van der Waals surface area contributed by atoms with E-state index in [1.54, 1.807) is 11.3 Å². The zero-order valence-corrected chi connectivity index (χ0v) is 13.0. The van der Waals surface area contributed by atoms with Gasteiger partial charge in [-0.15, -0.1) is 0 Å². The van der Waals surface area contributed by atoms with E-state index in [0.29, 0.717) is 19.4 Å². The summed E-state index contributed by atoms with van der Waals surface area (Å²) >= 11 is 1.65. The molecule has 5 nitrogen and oxygen atoms in total. The average Bonchev–Trinajstić information content (AvgIpc) is 2.88. The fourth-order valence-electron chi connectivity index (χ4n) is 2.95. The first kappa shape index (κ1) is 15.8. The molecule has 1 fully saturated rings. The van der Waals surface area contributed by atoms with Crippen molar-refractivity contribution >= 4 is 23.1 Å². The number of nitrogens with one attached hydrogen (secondary N) is 1. The molecule has 1 aliphatic rings. The molecule has 116 valence electrons. The van der Waals surface area contributed by atoms with Crippen LogP contribution in [0.3, 0.4) is 0 Å². The Morgan fingerprint density at radius 1 is 1.38 bits per heavy atom. The van der Waals surface area contributed by atoms with Crippen molar-refractivity contribution in [2.75, 3.05) is 6.54 Å². The van der Waals surface area contributed by atoms with Crippen LogP contribution in [0.15, 0.2) is 22.0 Å². The topological polar surface area (TPSA) is 87.7 Å². The van der Waals surface area contributed by atoms with Crippen LogP contribution >= 0.6 is 11.3 Å². The van der Waals surface area contributed by atoms with Gasteiger partial charge in [-0.25, -0.2) is 0 Å². The fraction of sp³-hybridized carbons (Fsp3) is 0.600. The molecule has 1 amide bonds. The van der Waals surface area contributed by atoms with E-state index in [2.05, 4.69) is 21.9 Å². The minimum Gasteiger partial charge on any atom is -0.409 e. The highest BCUT2D eigenvalue weighted by molar-refractivity contribution is 7.07. The molecular formula is C15H23N3O2S. The number of carbonyl (C=O) groups is 1. The average molecular weight is 309 g/mol. The van der Waals surface area contributed by atoms with E-state index in [4.69, 9.17) is 10.9 Å². The maximum atomic E-state index is 12.6. The molecule has 0 bridgehead atoms. The highest BCUT2D eigenvalue weighted by atomic mass is 32.1. The molecule has 4 N–H and O–H groups in total. The normalized spacial score (nSPS) is 19.0. The minimum atomic E-state index is -0.833. The highest BCUT2D eigenvalue weighted by Gasteiger charge is 2.42. The van der Waals surface area contributed by atoms with Crippen molar-refractivity contribution in [2.24, 2.45) is 16.3 Å². The summed E-state index contributed by atoms with van der Waals surface area (Å²) in [4.78, 5) is 12.6. The van der Waals surface area contributed by atoms with E-state index in [-0.39, 0.29) is 11.7 Å². The Labute approximate surface area is 129 Å². The van der Waals surface area contributed by atoms with Crippen LogP contribution in [-0.2, 0) is 11.2 Å². The van der Waals surface area contributed by atoms with Crippen LogP contribution in [0.4, 0.5) is 0 Å². The standard InChI is InChI=1S/C15H23N3O2S/c16-13(18-20)15(7-3-1-2-4-8-15)14(19)17-9-5-12-6-10-21-11-12/h6,10-11,20H,1-5,7-9H2,(H2,16,18)(H,17,19). The van der Waals surface area contributed by atoms with Crippen molar-refractivity contribution in [3.63, 3.8) is 0 Å². The molecule has 2 rings (SSSR count). The van der Waals surface area contributed by atoms with Crippen LogP contribution < -0.4 is 11.1 Å². The Hall–Kier alpha value is -1.56. The van der Waals surface area contributed by atoms with Crippen molar-refractivity contribution in [2.45, 2.75) is 44.9 Å². The number of hydrogen-bond donors (Lipinski definition) is 3. The summed E-state index contributed by atoms with van der Waals surface area (Å²) in [5.74, 6) is -0.0487. The third-order valence-electron chi connectivity index (χ3n) is 4.27. The summed E-state index contributed by atoms with van der Waals surface area (Å²) in [6, 6.07) is 2.06. The quantitative estimate of drug-likeness (QED) is 0.257. The molecule has 1 saturated carbocycles. The predicted molar refractivity (Wildman–Crippen MR) is 84.6 cm³/mol. The van der Waals surface area contributed by atoms with Gasteiger partial charge < -0.3 is 16.3 Å². The fourth-order valence-corrected chi connectivity index (χ4v) is 3.65. The van der Waals surface area contributed by atoms with Crippen LogP contribution in [0.25, 0.3) is 0 Å². The van der Waals surface area contributed by atoms with Gasteiger partial charge in [-0.2, -0.15) is 11.3 Å². The lowest BCUT2D eigenvalue weighted by molar-refractivity contribution is -0.128. The SMILES string of the molecule is NC(=NO)C1(C(=O)NCCc2ccsc2)CCCCCC1. The molecule has 0 unspecified atom stereocenters. The van der Waals surface area contributed by atoms with Crippen molar-refractivity contribution in [3.05, 3.63) is 22.4 Å². The molecule has 0 spiro atoms. The van der Waals surface area contributed by atoms with Crippen molar-refractivity contribution in [1.29, 1.82) is 0 Å². The Morgan fingerprint density at radius 3 is 2.67 bits per heavy atom. The number of hydrogen-bond acceptors (Lipinski definition) is 4. The first-order chi connectivity index (χ1) is 10.2. The molecule has 0 aliphatic heterocycles. The number of nitrogens with two attached hydrogens (primary N) is 1. The predicted octanol–water partition coefficient (Wildman–Crippen LogP) is 2.49. The first-order valence-corrected chi connectivity index (χ1v) is 8.41. The molecule has 0 atom stereocenters. The van der Waals surface area contributed by atoms with Gasteiger partial charge in [0.1, 0.15) is 5.41 Å². The number of carbonyl (C=O) groups excluding carboxylic acids is 1. The number of nitrogens with zero attached hydrogens (tertiary/aromatic N) is 1. The summed E-state index contributed by atoms with van der Waals surface area (Å²) in [5.41, 5.74) is 6.25. The van der Waals surface area contributed by atoms with Gasteiger partial charge in [-0.3, -0.25) is 4.79 Å². The molecule has 1 aromatic heterocycles. The Kier molecular flexibility index (Phi) is 5.61. The third kappa shape index (κ3) is 3.75. The molecule has 0 radical (unpaired) electrons. The summed E-state index contributed by atoms with van der Waals surface area (Å²) in [6.07, 6.45) is 6.20. The van der Waals surface area contributed by atoms with E-state index in [1.807, 2.05) is 5.38 Å². The Balaban J connectivity index is 2.00. The van der Waals surface area contributed by atoms with Gasteiger partial charge in [0, 0.05) is 6.54 Å². The van der Waals surface area contributed by atoms with E-state index in [1.165, 1.54) is 5.56 Å². The Bertz CT molecular complexity index is 477. The second-order valence-electron chi connectivity index (χ2n) is 5.62. The molecule has 6 heteroatoms. The molecule has 21 heavy (non-hydrogen) atoms. The van der Waals surface area contributed by atoms with Crippen molar-refractivity contribution in [3.8, 4) is 0 Å². The first-order valence-electron chi connectivity index (χ1n) is 7.46. The van der Waals surface area contributed by atoms with E-state index in [9.17, 15) is 4.79 Å². The second kappa shape index (κ2) is 7.45. The molecule has 0 aromatic carbocycles.